The fourth-order valence-electron chi connectivity index (χ4n) is 2.92. The molecule has 0 spiro atoms. The van der Waals surface area contributed by atoms with Crippen molar-refractivity contribution in [2.45, 2.75) is 32.9 Å². The highest BCUT2D eigenvalue weighted by molar-refractivity contribution is 6.30. The number of likely N-dealkylation sites (N-methyl/N-ethyl adjacent to an activating group) is 1. The average molecular weight is 367 g/mol. The highest BCUT2D eigenvalue weighted by atomic mass is 35.5. The number of hydrogen-bond acceptors (Lipinski definition) is 3. The standard InChI is InChI=1S/C18H24ClN3O3/c1-4-14-16(17(23)25-5-2)15(21-18(24)20-14)11-22(3)10-12-6-8-13(19)9-7-12/h6-9,14H,4-5,10-11H2,1-3H3,(H2,20,21,24)/p+1/t14-/m1/s1. The van der Waals surface area contributed by atoms with Gasteiger partial charge >= 0.3 is 12.0 Å². The number of quaternary nitrogens is 1. The number of carbonyl (C=O) groups excluding carboxylic acids is 2. The molecule has 6 nitrogen and oxygen atoms in total. The van der Waals surface area contributed by atoms with Crippen LogP contribution in [0.25, 0.3) is 0 Å². The minimum atomic E-state index is -0.379. The van der Waals surface area contributed by atoms with Gasteiger partial charge in [-0.1, -0.05) is 30.7 Å². The lowest BCUT2D eigenvalue weighted by Crippen LogP contribution is -3.08. The van der Waals surface area contributed by atoms with E-state index in [9.17, 15) is 9.59 Å². The van der Waals surface area contributed by atoms with Gasteiger partial charge < -0.3 is 20.3 Å². The molecule has 0 aromatic heterocycles. The van der Waals surface area contributed by atoms with E-state index in [4.69, 9.17) is 16.3 Å². The Labute approximate surface area is 153 Å². The minimum absolute atomic E-state index is 0.283. The molecule has 1 aliphatic heterocycles. The van der Waals surface area contributed by atoms with E-state index in [1.807, 2.05) is 38.2 Å². The third-order valence-corrected chi connectivity index (χ3v) is 4.30. The van der Waals surface area contributed by atoms with E-state index in [1.54, 1.807) is 6.92 Å². The summed E-state index contributed by atoms with van der Waals surface area (Å²) in [6, 6.07) is 7.05. The summed E-state index contributed by atoms with van der Waals surface area (Å²) in [5, 5.41) is 6.26. The second kappa shape index (κ2) is 8.87. The molecule has 0 radical (unpaired) electrons. The van der Waals surface area contributed by atoms with Crippen LogP contribution >= 0.6 is 11.6 Å². The molecule has 7 heteroatoms. The Morgan fingerprint density at radius 1 is 1.24 bits per heavy atom. The van der Waals surface area contributed by atoms with Gasteiger partial charge in [0.2, 0.25) is 0 Å². The summed E-state index contributed by atoms with van der Waals surface area (Å²) in [4.78, 5) is 25.4. The SMILES string of the molecule is CCOC(=O)C1=C(C[NH+](C)Cc2ccc(Cl)cc2)NC(=O)N[C@@H]1CC. The molecule has 1 aromatic carbocycles. The molecule has 136 valence electrons. The Morgan fingerprint density at radius 3 is 2.52 bits per heavy atom. The first kappa shape index (κ1) is 19.3. The number of esters is 1. The molecule has 0 saturated heterocycles. The van der Waals surface area contributed by atoms with Crippen molar-refractivity contribution < 1.29 is 19.2 Å². The summed E-state index contributed by atoms with van der Waals surface area (Å²) < 4.78 is 5.18. The summed E-state index contributed by atoms with van der Waals surface area (Å²) in [6.07, 6.45) is 0.626. The summed E-state index contributed by atoms with van der Waals surface area (Å²) in [5.74, 6) is -0.379. The lowest BCUT2D eigenvalue weighted by Gasteiger charge is -2.29. The molecule has 1 unspecified atom stereocenters. The fourth-order valence-corrected chi connectivity index (χ4v) is 3.04. The van der Waals surface area contributed by atoms with Crippen molar-refractivity contribution in [2.75, 3.05) is 20.2 Å². The molecule has 25 heavy (non-hydrogen) atoms. The quantitative estimate of drug-likeness (QED) is 0.636. The van der Waals surface area contributed by atoms with E-state index in [0.717, 1.165) is 17.0 Å². The van der Waals surface area contributed by atoms with E-state index < -0.39 is 0 Å². The lowest BCUT2D eigenvalue weighted by atomic mass is 10.00. The Balaban J connectivity index is 2.19. The van der Waals surface area contributed by atoms with E-state index in [-0.39, 0.29) is 18.0 Å². The molecule has 0 saturated carbocycles. The number of rotatable bonds is 7. The number of benzene rings is 1. The third-order valence-electron chi connectivity index (χ3n) is 4.04. The first-order chi connectivity index (χ1) is 11.9. The van der Waals surface area contributed by atoms with Crippen LogP contribution in [0.3, 0.4) is 0 Å². The Hall–Kier alpha value is -2.05. The van der Waals surface area contributed by atoms with Crippen molar-refractivity contribution in [1.82, 2.24) is 10.6 Å². The number of carbonyl (C=O) groups is 2. The van der Waals surface area contributed by atoms with Crippen molar-refractivity contribution >= 4 is 23.6 Å². The Kier molecular flexibility index (Phi) is 6.84. The molecule has 0 bridgehead atoms. The van der Waals surface area contributed by atoms with Gasteiger partial charge in [-0.2, -0.15) is 0 Å². The summed E-state index contributed by atoms with van der Waals surface area (Å²) >= 11 is 5.92. The molecule has 1 aliphatic rings. The molecule has 3 N–H and O–H groups in total. The van der Waals surface area contributed by atoms with E-state index >= 15 is 0 Å². The van der Waals surface area contributed by atoms with E-state index in [2.05, 4.69) is 10.6 Å². The fraction of sp³-hybridized carbons (Fsp3) is 0.444. The van der Waals surface area contributed by atoms with Crippen molar-refractivity contribution in [3.05, 3.63) is 46.1 Å². The van der Waals surface area contributed by atoms with Crippen molar-refractivity contribution in [1.29, 1.82) is 0 Å². The topological polar surface area (TPSA) is 71.9 Å². The van der Waals surface area contributed by atoms with Gasteiger partial charge in [-0.25, -0.2) is 9.59 Å². The monoisotopic (exact) mass is 366 g/mol. The van der Waals surface area contributed by atoms with Crippen LogP contribution in [-0.4, -0.2) is 38.2 Å². The van der Waals surface area contributed by atoms with Gasteiger partial charge in [-0.3, -0.25) is 0 Å². The summed E-state index contributed by atoms with van der Waals surface area (Å²) in [7, 11) is 2.01. The largest absolute Gasteiger partial charge is 0.463 e. The van der Waals surface area contributed by atoms with Gasteiger partial charge in [-0.05, 0) is 25.5 Å². The van der Waals surface area contributed by atoms with Crippen molar-refractivity contribution in [3.63, 3.8) is 0 Å². The van der Waals surface area contributed by atoms with Gasteiger partial charge in [0, 0.05) is 10.6 Å². The zero-order valence-electron chi connectivity index (χ0n) is 14.8. The highest BCUT2D eigenvalue weighted by Gasteiger charge is 2.32. The van der Waals surface area contributed by atoms with Crippen LogP contribution in [0.5, 0.6) is 0 Å². The maximum Gasteiger partial charge on any atom is 0.338 e. The molecular weight excluding hydrogens is 342 g/mol. The maximum atomic E-state index is 12.4. The van der Waals surface area contributed by atoms with Gasteiger partial charge in [0.25, 0.3) is 0 Å². The number of nitrogens with one attached hydrogen (secondary N) is 3. The highest BCUT2D eigenvalue weighted by Crippen LogP contribution is 2.16. The first-order valence-electron chi connectivity index (χ1n) is 8.48. The lowest BCUT2D eigenvalue weighted by molar-refractivity contribution is -0.889. The van der Waals surface area contributed by atoms with Crippen LogP contribution in [0.1, 0.15) is 25.8 Å². The van der Waals surface area contributed by atoms with Crippen molar-refractivity contribution in [3.8, 4) is 0 Å². The Morgan fingerprint density at radius 2 is 1.92 bits per heavy atom. The zero-order valence-corrected chi connectivity index (χ0v) is 15.6. The zero-order chi connectivity index (χ0) is 18.4. The van der Waals surface area contributed by atoms with Crippen LogP contribution in [-0.2, 0) is 16.1 Å². The predicted octanol–water partition coefficient (Wildman–Crippen LogP) is 1.26. The molecule has 2 amide bonds. The smallest absolute Gasteiger partial charge is 0.338 e. The number of amides is 2. The van der Waals surface area contributed by atoms with Crippen molar-refractivity contribution in [2.24, 2.45) is 0 Å². The summed E-state index contributed by atoms with van der Waals surface area (Å²) in [5.41, 5.74) is 2.27. The minimum Gasteiger partial charge on any atom is -0.463 e. The van der Waals surface area contributed by atoms with Crippen LogP contribution in [0, 0.1) is 0 Å². The van der Waals surface area contributed by atoms with E-state index in [1.165, 1.54) is 0 Å². The van der Waals surface area contributed by atoms with Gasteiger partial charge in [-0.15, -0.1) is 0 Å². The first-order valence-corrected chi connectivity index (χ1v) is 8.85. The van der Waals surface area contributed by atoms with E-state index in [0.29, 0.717) is 35.9 Å². The number of hydrogen-bond donors (Lipinski definition) is 3. The Bertz CT molecular complexity index is 658. The molecular formula is C18H25ClN3O3+. The molecule has 2 rings (SSSR count). The molecule has 2 atom stereocenters. The van der Waals surface area contributed by atoms with Gasteiger partial charge in [0.05, 0.1) is 31.0 Å². The number of halogens is 1. The molecule has 0 aliphatic carbocycles. The van der Waals surface area contributed by atoms with Crippen LogP contribution in [0.4, 0.5) is 4.79 Å². The average Bonchev–Trinajstić information content (AvgIpc) is 2.56. The van der Waals surface area contributed by atoms with Gasteiger partial charge in [0.15, 0.2) is 0 Å². The number of urea groups is 1. The summed E-state index contributed by atoms with van der Waals surface area (Å²) in [6.45, 7) is 5.26. The number of ether oxygens (including phenoxy) is 1. The molecule has 0 fully saturated rings. The van der Waals surface area contributed by atoms with Crippen LogP contribution < -0.4 is 15.5 Å². The third kappa shape index (κ3) is 5.21. The maximum absolute atomic E-state index is 12.4. The van der Waals surface area contributed by atoms with Crippen LogP contribution in [0.15, 0.2) is 35.5 Å². The molecule has 1 aromatic rings. The normalized spacial score (nSPS) is 18.4. The van der Waals surface area contributed by atoms with Gasteiger partial charge in [0.1, 0.15) is 13.1 Å². The van der Waals surface area contributed by atoms with Crippen LogP contribution in [0.2, 0.25) is 5.02 Å². The second-order valence-corrected chi connectivity index (χ2v) is 6.55. The second-order valence-electron chi connectivity index (χ2n) is 6.11. The predicted molar refractivity (Wildman–Crippen MR) is 96.3 cm³/mol. The molecule has 1 heterocycles.